The number of hydrogen-bond donors (Lipinski definition) is 0. The van der Waals surface area contributed by atoms with Crippen LogP contribution >= 0.6 is 0 Å². The Labute approximate surface area is 120 Å². The smallest absolute Gasteiger partial charge is 0.313 e. The van der Waals surface area contributed by atoms with E-state index in [9.17, 15) is 4.79 Å². The number of aryl methyl sites for hydroxylation is 1. The van der Waals surface area contributed by atoms with Gasteiger partial charge in [-0.25, -0.2) is 0 Å². The number of ether oxygens (including phenoxy) is 1. The van der Waals surface area contributed by atoms with Gasteiger partial charge in [-0.2, -0.15) is 0 Å². The molecule has 0 amide bonds. The molecule has 1 aliphatic carbocycles. The number of carbonyl (C=O) groups is 1. The molecule has 1 aromatic heterocycles. The van der Waals surface area contributed by atoms with Crippen molar-refractivity contribution in [2.75, 3.05) is 20.2 Å². The zero-order valence-corrected chi connectivity index (χ0v) is 12.3. The average molecular weight is 274 g/mol. The zero-order valence-electron chi connectivity index (χ0n) is 12.3. The molecule has 2 atom stereocenters. The van der Waals surface area contributed by atoms with Crippen molar-refractivity contribution in [3.63, 3.8) is 0 Å². The first-order valence-electron chi connectivity index (χ1n) is 7.37. The van der Waals surface area contributed by atoms with Gasteiger partial charge in [-0.15, -0.1) is 0 Å². The lowest BCUT2D eigenvalue weighted by molar-refractivity contribution is -0.153. The molecule has 0 radical (unpaired) electrons. The summed E-state index contributed by atoms with van der Waals surface area (Å²) in [5.41, 5.74) is 2.09. The summed E-state index contributed by atoms with van der Waals surface area (Å²) in [6.45, 7) is 4.76. The van der Waals surface area contributed by atoms with E-state index in [1.807, 2.05) is 19.2 Å². The number of nitrogens with zero attached hydrogens (tertiary/aromatic N) is 2. The van der Waals surface area contributed by atoms with Crippen LogP contribution in [-0.2, 0) is 16.1 Å². The summed E-state index contributed by atoms with van der Waals surface area (Å²) in [7, 11) is 1.51. The third kappa shape index (κ3) is 2.12. The number of esters is 1. The quantitative estimate of drug-likeness (QED) is 0.792. The molecule has 0 N–H and O–H groups in total. The highest BCUT2D eigenvalue weighted by atomic mass is 16.5. The standard InChI is InChI=1S/C16H22N2O2/c1-12-13(5-4-8-17-12)9-18-10-14-6-3-7-16(14,11-18)15(19)20-2/h4-5,8,14H,3,6-7,9-11H2,1-2H3/t14-,16-/m1/s1. The number of pyridine rings is 1. The topological polar surface area (TPSA) is 42.4 Å². The molecule has 1 aromatic rings. The number of aromatic nitrogens is 1. The van der Waals surface area contributed by atoms with Crippen molar-refractivity contribution >= 4 is 5.97 Å². The predicted molar refractivity (Wildman–Crippen MR) is 76.0 cm³/mol. The lowest BCUT2D eigenvalue weighted by atomic mass is 9.81. The predicted octanol–water partition coefficient (Wildman–Crippen LogP) is 2.17. The molecule has 4 nitrogen and oxygen atoms in total. The van der Waals surface area contributed by atoms with Crippen LogP contribution in [0.3, 0.4) is 0 Å². The van der Waals surface area contributed by atoms with Crippen molar-refractivity contribution in [3.05, 3.63) is 29.6 Å². The second-order valence-electron chi connectivity index (χ2n) is 6.15. The SMILES string of the molecule is COC(=O)[C@@]12CCC[C@@H]1CN(Cc1cccnc1C)C2. The summed E-state index contributed by atoms with van der Waals surface area (Å²) >= 11 is 0. The molecule has 0 unspecified atom stereocenters. The number of fused-ring (bicyclic) bond motifs is 1. The van der Waals surface area contributed by atoms with Crippen molar-refractivity contribution < 1.29 is 9.53 Å². The lowest BCUT2D eigenvalue weighted by Crippen LogP contribution is -2.36. The first-order valence-corrected chi connectivity index (χ1v) is 7.37. The van der Waals surface area contributed by atoms with E-state index in [-0.39, 0.29) is 11.4 Å². The average Bonchev–Trinajstić information content (AvgIpc) is 2.98. The fourth-order valence-electron chi connectivity index (χ4n) is 3.98. The Balaban J connectivity index is 1.76. The Hall–Kier alpha value is -1.42. The van der Waals surface area contributed by atoms with Crippen LogP contribution < -0.4 is 0 Å². The summed E-state index contributed by atoms with van der Waals surface area (Å²) in [5.74, 6) is 0.456. The van der Waals surface area contributed by atoms with Crippen LogP contribution in [0.4, 0.5) is 0 Å². The van der Waals surface area contributed by atoms with Gasteiger partial charge in [0.05, 0.1) is 12.5 Å². The van der Waals surface area contributed by atoms with Gasteiger partial charge in [0.25, 0.3) is 0 Å². The molecular weight excluding hydrogens is 252 g/mol. The number of methoxy groups -OCH3 is 1. The Morgan fingerprint density at radius 1 is 1.60 bits per heavy atom. The Morgan fingerprint density at radius 3 is 3.20 bits per heavy atom. The van der Waals surface area contributed by atoms with E-state index in [0.717, 1.165) is 44.6 Å². The van der Waals surface area contributed by atoms with Gasteiger partial charge in [0.1, 0.15) is 0 Å². The van der Waals surface area contributed by atoms with Gasteiger partial charge >= 0.3 is 5.97 Å². The van der Waals surface area contributed by atoms with Gasteiger partial charge in [-0.3, -0.25) is 14.7 Å². The van der Waals surface area contributed by atoms with E-state index in [2.05, 4.69) is 16.0 Å². The Morgan fingerprint density at radius 2 is 2.45 bits per heavy atom. The maximum Gasteiger partial charge on any atom is 0.313 e. The second-order valence-corrected chi connectivity index (χ2v) is 6.15. The summed E-state index contributed by atoms with van der Waals surface area (Å²) in [5, 5.41) is 0. The van der Waals surface area contributed by atoms with Gasteiger partial charge in [-0.05, 0) is 37.3 Å². The van der Waals surface area contributed by atoms with Crippen LogP contribution in [-0.4, -0.2) is 36.1 Å². The number of carbonyl (C=O) groups excluding carboxylic acids is 1. The third-order valence-corrected chi connectivity index (χ3v) is 5.04. The fraction of sp³-hybridized carbons (Fsp3) is 0.625. The van der Waals surface area contributed by atoms with E-state index in [0.29, 0.717) is 5.92 Å². The molecule has 0 bridgehead atoms. The Kier molecular flexibility index (Phi) is 3.50. The van der Waals surface area contributed by atoms with Crippen LogP contribution in [0.2, 0.25) is 0 Å². The number of likely N-dealkylation sites (tertiary alicyclic amines) is 1. The largest absolute Gasteiger partial charge is 0.469 e. The van der Waals surface area contributed by atoms with Gasteiger partial charge in [0.2, 0.25) is 0 Å². The second kappa shape index (κ2) is 5.17. The molecular formula is C16H22N2O2. The van der Waals surface area contributed by atoms with Crippen molar-refractivity contribution in [2.24, 2.45) is 11.3 Å². The van der Waals surface area contributed by atoms with E-state index in [1.54, 1.807) is 0 Å². The van der Waals surface area contributed by atoms with Crippen LogP contribution in [0, 0.1) is 18.3 Å². The molecule has 0 aromatic carbocycles. The molecule has 0 spiro atoms. The highest BCUT2D eigenvalue weighted by Gasteiger charge is 2.55. The lowest BCUT2D eigenvalue weighted by Gasteiger charge is -2.25. The van der Waals surface area contributed by atoms with Crippen LogP contribution in [0.25, 0.3) is 0 Å². The van der Waals surface area contributed by atoms with Crippen molar-refractivity contribution in [3.8, 4) is 0 Å². The van der Waals surface area contributed by atoms with Crippen molar-refractivity contribution in [1.82, 2.24) is 9.88 Å². The molecule has 1 saturated carbocycles. The maximum atomic E-state index is 12.2. The molecule has 1 aliphatic heterocycles. The van der Waals surface area contributed by atoms with Gasteiger partial charge in [0.15, 0.2) is 0 Å². The molecule has 1 saturated heterocycles. The van der Waals surface area contributed by atoms with E-state index in [1.165, 1.54) is 12.7 Å². The summed E-state index contributed by atoms with van der Waals surface area (Å²) in [6.07, 6.45) is 5.11. The third-order valence-electron chi connectivity index (χ3n) is 5.04. The molecule has 4 heteroatoms. The van der Waals surface area contributed by atoms with Crippen LogP contribution in [0.5, 0.6) is 0 Å². The van der Waals surface area contributed by atoms with Gasteiger partial charge in [-0.1, -0.05) is 12.5 Å². The van der Waals surface area contributed by atoms with Crippen LogP contribution in [0.15, 0.2) is 18.3 Å². The van der Waals surface area contributed by atoms with Crippen molar-refractivity contribution in [2.45, 2.75) is 32.7 Å². The fourth-order valence-corrected chi connectivity index (χ4v) is 3.98. The maximum absolute atomic E-state index is 12.2. The highest BCUT2D eigenvalue weighted by molar-refractivity contribution is 5.78. The van der Waals surface area contributed by atoms with E-state index < -0.39 is 0 Å². The number of rotatable bonds is 3. The molecule has 2 heterocycles. The molecule has 108 valence electrons. The molecule has 2 aliphatic rings. The highest BCUT2D eigenvalue weighted by Crippen LogP contribution is 2.49. The minimum atomic E-state index is -0.245. The minimum Gasteiger partial charge on any atom is -0.469 e. The van der Waals surface area contributed by atoms with Gasteiger partial charge in [0, 0.05) is 31.5 Å². The monoisotopic (exact) mass is 274 g/mol. The Bertz CT molecular complexity index is 517. The van der Waals surface area contributed by atoms with E-state index in [4.69, 9.17) is 4.74 Å². The van der Waals surface area contributed by atoms with Crippen LogP contribution in [0.1, 0.15) is 30.5 Å². The number of hydrogen-bond acceptors (Lipinski definition) is 4. The van der Waals surface area contributed by atoms with Gasteiger partial charge < -0.3 is 4.74 Å². The summed E-state index contributed by atoms with van der Waals surface area (Å²) in [4.78, 5) is 19.0. The van der Waals surface area contributed by atoms with Crippen molar-refractivity contribution in [1.29, 1.82) is 0 Å². The summed E-state index contributed by atoms with van der Waals surface area (Å²) in [6, 6.07) is 4.11. The zero-order chi connectivity index (χ0) is 14.2. The van der Waals surface area contributed by atoms with E-state index >= 15 is 0 Å². The molecule has 20 heavy (non-hydrogen) atoms. The first kappa shape index (κ1) is 13.6. The molecule has 2 fully saturated rings. The molecule has 3 rings (SSSR count). The first-order chi connectivity index (χ1) is 9.65. The summed E-state index contributed by atoms with van der Waals surface area (Å²) < 4.78 is 5.08. The normalized spacial score (nSPS) is 29.4. The minimum absolute atomic E-state index is 0.00888.